The van der Waals surface area contributed by atoms with Crippen molar-refractivity contribution in [2.75, 3.05) is 27.7 Å². The van der Waals surface area contributed by atoms with E-state index in [1.807, 2.05) is 14.1 Å². The van der Waals surface area contributed by atoms with E-state index in [0.29, 0.717) is 23.9 Å². The first-order chi connectivity index (χ1) is 9.52. The summed E-state index contributed by atoms with van der Waals surface area (Å²) in [6, 6.07) is 0. The van der Waals surface area contributed by atoms with Gasteiger partial charge in [-0.25, -0.2) is 0 Å². The van der Waals surface area contributed by atoms with Crippen LogP contribution in [0.3, 0.4) is 0 Å². The average Bonchev–Trinajstić information content (AvgIpc) is 3.01. The van der Waals surface area contributed by atoms with E-state index in [1.54, 1.807) is 18.0 Å². The van der Waals surface area contributed by atoms with Crippen molar-refractivity contribution < 1.29 is 9.53 Å². The van der Waals surface area contributed by atoms with E-state index in [4.69, 9.17) is 4.74 Å². The number of hydrogen-bond donors (Lipinski definition) is 0. The highest BCUT2D eigenvalue weighted by Gasteiger charge is 2.32. The Hall–Kier alpha value is -1.36. The van der Waals surface area contributed by atoms with Gasteiger partial charge in [-0.2, -0.15) is 5.10 Å². The zero-order chi connectivity index (χ0) is 14.7. The van der Waals surface area contributed by atoms with Crippen molar-refractivity contribution >= 4 is 5.78 Å². The Morgan fingerprint density at radius 2 is 2.25 bits per heavy atom. The second-order valence-electron chi connectivity index (χ2n) is 6.07. The lowest BCUT2D eigenvalue weighted by Gasteiger charge is -2.14. The number of Topliss-reactive ketones (excluding diaryl/α,β-unsaturated/α-hetero) is 1. The smallest absolute Gasteiger partial charge is 0.187 e. The van der Waals surface area contributed by atoms with Crippen LogP contribution in [0.4, 0.5) is 0 Å². The summed E-state index contributed by atoms with van der Waals surface area (Å²) in [5.41, 5.74) is 0.647. The second kappa shape index (κ2) is 6.39. The van der Waals surface area contributed by atoms with E-state index >= 15 is 0 Å². The molecule has 2 atom stereocenters. The minimum atomic E-state index is 0.133. The molecule has 1 aliphatic rings. The third-order valence-corrected chi connectivity index (χ3v) is 4.08. The first-order valence-corrected chi connectivity index (χ1v) is 7.31. The van der Waals surface area contributed by atoms with E-state index < -0.39 is 0 Å². The zero-order valence-corrected chi connectivity index (χ0v) is 12.9. The summed E-state index contributed by atoms with van der Waals surface area (Å²) >= 11 is 0. The van der Waals surface area contributed by atoms with Gasteiger partial charge in [0.1, 0.15) is 5.69 Å². The molecular weight excluding hydrogens is 254 g/mol. The van der Waals surface area contributed by atoms with Gasteiger partial charge in [0.15, 0.2) is 11.5 Å². The van der Waals surface area contributed by atoms with Crippen LogP contribution in [0, 0.1) is 11.8 Å². The number of methoxy groups -OCH3 is 1. The van der Waals surface area contributed by atoms with E-state index in [1.165, 1.54) is 0 Å². The first-order valence-electron chi connectivity index (χ1n) is 7.31. The van der Waals surface area contributed by atoms with Crippen molar-refractivity contribution in [3.8, 4) is 5.75 Å². The van der Waals surface area contributed by atoms with E-state index in [2.05, 4.69) is 16.9 Å². The van der Waals surface area contributed by atoms with Crippen molar-refractivity contribution in [3.63, 3.8) is 0 Å². The Morgan fingerprint density at radius 1 is 1.50 bits per heavy atom. The SMILES string of the molecule is COc1cnn(CCN(C)C)c1C(=O)C1CCC(C)C1. The van der Waals surface area contributed by atoms with Crippen molar-refractivity contribution in [2.24, 2.45) is 11.8 Å². The standard InChI is InChI=1S/C15H25N3O2/c1-11-5-6-12(9-11)15(19)14-13(20-4)10-16-18(14)8-7-17(2)3/h10-12H,5-9H2,1-4H3. The Bertz CT molecular complexity index is 468. The fourth-order valence-electron chi connectivity index (χ4n) is 2.87. The molecule has 0 N–H and O–H groups in total. The lowest BCUT2D eigenvalue weighted by Crippen LogP contribution is -2.23. The second-order valence-corrected chi connectivity index (χ2v) is 6.07. The van der Waals surface area contributed by atoms with Crippen LogP contribution in [0.25, 0.3) is 0 Å². The molecule has 0 spiro atoms. The fraction of sp³-hybridized carbons (Fsp3) is 0.733. The fourth-order valence-corrected chi connectivity index (χ4v) is 2.87. The van der Waals surface area contributed by atoms with Crippen LogP contribution in [-0.2, 0) is 6.54 Å². The minimum Gasteiger partial charge on any atom is -0.493 e. The molecule has 2 rings (SSSR count). The van der Waals surface area contributed by atoms with Gasteiger partial charge in [-0.1, -0.05) is 6.92 Å². The van der Waals surface area contributed by atoms with Crippen LogP contribution in [0.1, 0.15) is 36.7 Å². The van der Waals surface area contributed by atoms with Crippen molar-refractivity contribution in [1.82, 2.24) is 14.7 Å². The van der Waals surface area contributed by atoms with Gasteiger partial charge in [-0.3, -0.25) is 9.48 Å². The van der Waals surface area contributed by atoms with Gasteiger partial charge in [-0.15, -0.1) is 0 Å². The summed E-state index contributed by atoms with van der Waals surface area (Å²) in [6.07, 6.45) is 4.77. The highest BCUT2D eigenvalue weighted by Crippen LogP contribution is 2.34. The number of hydrogen-bond acceptors (Lipinski definition) is 4. The third kappa shape index (κ3) is 3.20. The molecule has 0 aliphatic heterocycles. The summed E-state index contributed by atoms with van der Waals surface area (Å²) < 4.78 is 7.12. The molecule has 0 saturated heterocycles. The number of ether oxygens (including phenoxy) is 1. The number of carbonyl (C=O) groups is 1. The molecule has 1 aromatic heterocycles. The van der Waals surface area contributed by atoms with Gasteiger partial charge in [0.2, 0.25) is 0 Å². The van der Waals surface area contributed by atoms with Crippen molar-refractivity contribution in [1.29, 1.82) is 0 Å². The maximum absolute atomic E-state index is 12.7. The Morgan fingerprint density at radius 3 is 2.80 bits per heavy atom. The Balaban J connectivity index is 2.19. The lowest BCUT2D eigenvalue weighted by atomic mass is 9.98. The molecule has 1 saturated carbocycles. The first kappa shape index (κ1) is 15.0. The zero-order valence-electron chi connectivity index (χ0n) is 12.9. The maximum atomic E-state index is 12.7. The Labute approximate surface area is 120 Å². The highest BCUT2D eigenvalue weighted by molar-refractivity contribution is 5.98. The molecule has 0 aromatic carbocycles. The van der Waals surface area contributed by atoms with E-state index in [9.17, 15) is 4.79 Å². The van der Waals surface area contributed by atoms with Crippen LogP contribution in [0.5, 0.6) is 5.75 Å². The molecule has 112 valence electrons. The predicted molar refractivity (Wildman–Crippen MR) is 78.2 cm³/mol. The predicted octanol–water partition coefficient (Wildman–Crippen LogP) is 2.07. The summed E-state index contributed by atoms with van der Waals surface area (Å²) in [6.45, 7) is 3.78. The van der Waals surface area contributed by atoms with Crippen molar-refractivity contribution in [2.45, 2.75) is 32.7 Å². The molecular formula is C15H25N3O2. The minimum absolute atomic E-state index is 0.133. The van der Waals surface area contributed by atoms with Crippen LogP contribution in [0.2, 0.25) is 0 Å². The molecule has 0 amide bonds. The molecule has 0 bridgehead atoms. The summed E-state index contributed by atoms with van der Waals surface area (Å²) in [5.74, 6) is 1.58. The summed E-state index contributed by atoms with van der Waals surface area (Å²) in [4.78, 5) is 14.8. The molecule has 1 heterocycles. The molecule has 1 fully saturated rings. The van der Waals surface area contributed by atoms with Gasteiger partial charge < -0.3 is 9.64 Å². The monoisotopic (exact) mass is 279 g/mol. The number of likely N-dealkylation sites (N-methyl/N-ethyl adjacent to an activating group) is 1. The Kier molecular flexibility index (Phi) is 4.81. The molecule has 1 aliphatic carbocycles. The van der Waals surface area contributed by atoms with Gasteiger partial charge in [0.05, 0.1) is 19.9 Å². The third-order valence-electron chi connectivity index (χ3n) is 4.08. The molecule has 5 nitrogen and oxygen atoms in total. The molecule has 0 radical (unpaired) electrons. The average molecular weight is 279 g/mol. The van der Waals surface area contributed by atoms with Crippen molar-refractivity contribution in [3.05, 3.63) is 11.9 Å². The number of ketones is 1. The lowest BCUT2D eigenvalue weighted by molar-refractivity contribution is 0.0905. The van der Waals surface area contributed by atoms with Crippen LogP contribution in [-0.4, -0.2) is 48.2 Å². The normalized spacial score (nSPS) is 22.4. The van der Waals surface area contributed by atoms with E-state index in [0.717, 1.165) is 25.8 Å². The van der Waals surface area contributed by atoms with Gasteiger partial charge in [0, 0.05) is 12.5 Å². The summed E-state index contributed by atoms with van der Waals surface area (Å²) in [7, 11) is 5.63. The van der Waals surface area contributed by atoms with Gasteiger partial charge in [-0.05, 0) is 39.3 Å². The summed E-state index contributed by atoms with van der Waals surface area (Å²) in [5, 5.41) is 4.31. The molecule has 2 unspecified atom stereocenters. The molecule has 20 heavy (non-hydrogen) atoms. The number of nitrogens with zero attached hydrogens (tertiary/aromatic N) is 3. The number of carbonyl (C=O) groups excluding carboxylic acids is 1. The topological polar surface area (TPSA) is 47.4 Å². The van der Waals surface area contributed by atoms with Gasteiger partial charge in [0.25, 0.3) is 0 Å². The van der Waals surface area contributed by atoms with Crippen LogP contribution in [0.15, 0.2) is 6.20 Å². The highest BCUT2D eigenvalue weighted by atomic mass is 16.5. The maximum Gasteiger partial charge on any atom is 0.187 e. The van der Waals surface area contributed by atoms with Crippen LogP contribution < -0.4 is 4.74 Å². The molecule has 1 aromatic rings. The van der Waals surface area contributed by atoms with Crippen LogP contribution >= 0.6 is 0 Å². The largest absolute Gasteiger partial charge is 0.493 e. The van der Waals surface area contributed by atoms with E-state index in [-0.39, 0.29) is 11.7 Å². The van der Waals surface area contributed by atoms with Gasteiger partial charge >= 0.3 is 0 Å². The molecule has 5 heteroatoms. The quantitative estimate of drug-likeness (QED) is 0.748. The number of aromatic nitrogens is 2. The number of rotatable bonds is 6.